The van der Waals surface area contributed by atoms with Gasteiger partial charge in [0.25, 0.3) is 0 Å². The zero-order valence-corrected chi connectivity index (χ0v) is 13.4. The molecule has 0 spiro atoms. The number of aliphatic carboxylic acids is 1. The number of thioether (sulfide) groups is 1. The van der Waals surface area contributed by atoms with Crippen molar-refractivity contribution in [3.05, 3.63) is 35.9 Å². The van der Waals surface area contributed by atoms with Gasteiger partial charge in [0.1, 0.15) is 6.04 Å². The molecule has 1 unspecified atom stereocenters. The molecule has 0 aliphatic rings. The molecule has 1 rings (SSSR count). The van der Waals surface area contributed by atoms with Crippen LogP contribution in [0.4, 0.5) is 4.79 Å². The van der Waals surface area contributed by atoms with Gasteiger partial charge < -0.3 is 15.3 Å². The summed E-state index contributed by atoms with van der Waals surface area (Å²) in [5, 5.41) is 11.7. The van der Waals surface area contributed by atoms with Crippen LogP contribution in [0, 0.1) is 0 Å². The van der Waals surface area contributed by atoms with E-state index in [9.17, 15) is 19.5 Å². The summed E-state index contributed by atoms with van der Waals surface area (Å²) < 4.78 is 0. The number of carbonyl (C=O) groups is 3. The number of hydrogen-bond acceptors (Lipinski definition) is 4. The highest BCUT2D eigenvalue weighted by Gasteiger charge is 2.22. The van der Waals surface area contributed by atoms with Crippen LogP contribution < -0.4 is 5.32 Å². The topological polar surface area (TPSA) is 86.7 Å². The fourth-order valence-electron chi connectivity index (χ4n) is 1.74. The smallest absolute Gasteiger partial charge is 0.326 e. The maximum absolute atomic E-state index is 12.0. The molecule has 1 aromatic carbocycles. The third-order valence-electron chi connectivity index (χ3n) is 2.96. The van der Waals surface area contributed by atoms with Crippen molar-refractivity contribution in [2.24, 2.45) is 0 Å². The minimum absolute atomic E-state index is 0.0127. The monoisotopic (exact) mass is 324 g/mol. The highest BCUT2D eigenvalue weighted by molar-refractivity contribution is 8.13. The first kappa shape index (κ1) is 18.0. The van der Waals surface area contributed by atoms with Gasteiger partial charge in [0, 0.05) is 32.7 Å². The van der Waals surface area contributed by atoms with Crippen LogP contribution in [-0.2, 0) is 16.0 Å². The van der Waals surface area contributed by atoms with Gasteiger partial charge in [-0.2, -0.15) is 0 Å². The Labute approximate surface area is 133 Å². The molecular weight excluding hydrogens is 304 g/mol. The molecule has 0 aromatic heterocycles. The Bertz CT molecular complexity index is 522. The molecule has 120 valence electrons. The first-order valence-electron chi connectivity index (χ1n) is 6.82. The van der Waals surface area contributed by atoms with Crippen LogP contribution in [-0.4, -0.2) is 52.5 Å². The molecule has 0 aliphatic heterocycles. The van der Waals surface area contributed by atoms with Crippen LogP contribution in [0.3, 0.4) is 0 Å². The van der Waals surface area contributed by atoms with Gasteiger partial charge in [-0.15, -0.1) is 0 Å². The van der Waals surface area contributed by atoms with Gasteiger partial charge in [-0.25, -0.2) is 9.59 Å². The van der Waals surface area contributed by atoms with E-state index in [2.05, 4.69) is 5.32 Å². The van der Waals surface area contributed by atoms with E-state index in [0.29, 0.717) is 12.3 Å². The van der Waals surface area contributed by atoms with Crippen molar-refractivity contribution in [3.8, 4) is 0 Å². The van der Waals surface area contributed by atoms with Crippen LogP contribution in [0.2, 0.25) is 0 Å². The number of nitrogens with zero attached hydrogens (tertiary/aromatic N) is 1. The Balaban J connectivity index is 2.53. The Morgan fingerprint density at radius 3 is 2.45 bits per heavy atom. The van der Waals surface area contributed by atoms with Gasteiger partial charge in [-0.3, -0.25) is 4.79 Å². The molecule has 1 atom stereocenters. The predicted molar refractivity (Wildman–Crippen MR) is 85.9 cm³/mol. The highest BCUT2D eigenvalue weighted by Crippen LogP contribution is 2.05. The van der Waals surface area contributed by atoms with Crippen molar-refractivity contribution < 1.29 is 19.5 Å². The summed E-state index contributed by atoms with van der Waals surface area (Å²) in [6.45, 7) is 1.83. The summed E-state index contributed by atoms with van der Waals surface area (Å²) in [6.07, 6.45) is 0.220. The molecule has 0 heterocycles. The average Bonchev–Trinajstić information content (AvgIpc) is 2.46. The molecule has 0 saturated heterocycles. The molecule has 6 nitrogen and oxygen atoms in total. The maximum Gasteiger partial charge on any atom is 0.326 e. The Morgan fingerprint density at radius 2 is 1.91 bits per heavy atom. The number of benzene rings is 1. The standard InChI is InChI=1S/C15H20N2O4S/c1-11(18)22-9-8-17(2)15(21)16-13(14(19)20)10-12-6-4-3-5-7-12/h3-7,13H,8-10H2,1-2H3,(H,16,21)(H,19,20). The van der Waals surface area contributed by atoms with Crippen LogP contribution in [0.15, 0.2) is 30.3 Å². The minimum Gasteiger partial charge on any atom is -0.480 e. The number of carboxylic acids is 1. The molecule has 1 aromatic rings. The zero-order chi connectivity index (χ0) is 16.5. The molecule has 0 bridgehead atoms. The third kappa shape index (κ3) is 6.62. The number of carbonyl (C=O) groups excluding carboxylic acids is 2. The SMILES string of the molecule is CC(=O)SCCN(C)C(=O)NC(Cc1ccccc1)C(=O)O. The molecule has 0 fully saturated rings. The number of rotatable bonds is 7. The summed E-state index contributed by atoms with van der Waals surface area (Å²) in [5.74, 6) is -0.598. The largest absolute Gasteiger partial charge is 0.480 e. The second kappa shape index (κ2) is 9.09. The lowest BCUT2D eigenvalue weighted by molar-refractivity contribution is -0.139. The maximum atomic E-state index is 12.0. The van der Waals surface area contributed by atoms with Gasteiger partial charge in [-0.1, -0.05) is 42.1 Å². The van der Waals surface area contributed by atoms with E-state index >= 15 is 0 Å². The molecule has 0 saturated carbocycles. The lowest BCUT2D eigenvalue weighted by Gasteiger charge is -2.21. The number of hydrogen-bond donors (Lipinski definition) is 2. The predicted octanol–water partition coefficient (Wildman–Crippen LogP) is 1.60. The molecule has 7 heteroatoms. The van der Waals surface area contributed by atoms with E-state index in [4.69, 9.17) is 0 Å². The van der Waals surface area contributed by atoms with Crippen molar-refractivity contribution in [2.45, 2.75) is 19.4 Å². The van der Waals surface area contributed by atoms with Crippen molar-refractivity contribution in [2.75, 3.05) is 19.3 Å². The van der Waals surface area contributed by atoms with Crippen LogP contribution in [0.25, 0.3) is 0 Å². The number of nitrogens with one attached hydrogen (secondary N) is 1. The van der Waals surface area contributed by atoms with E-state index in [1.54, 1.807) is 7.05 Å². The van der Waals surface area contributed by atoms with Gasteiger partial charge in [0.2, 0.25) is 0 Å². The van der Waals surface area contributed by atoms with Crippen LogP contribution in [0.1, 0.15) is 12.5 Å². The molecular formula is C15H20N2O4S. The quantitative estimate of drug-likeness (QED) is 0.795. The third-order valence-corrected chi connectivity index (χ3v) is 3.75. The molecule has 0 aliphatic carbocycles. The first-order chi connectivity index (χ1) is 10.4. The second-order valence-corrected chi connectivity index (χ2v) is 6.06. The molecule has 22 heavy (non-hydrogen) atoms. The summed E-state index contributed by atoms with van der Waals surface area (Å²) in [7, 11) is 1.57. The van der Waals surface area contributed by atoms with Crippen molar-refractivity contribution in [3.63, 3.8) is 0 Å². The molecule has 0 radical (unpaired) electrons. The first-order valence-corrected chi connectivity index (χ1v) is 7.80. The molecule has 2 amide bonds. The average molecular weight is 324 g/mol. The summed E-state index contributed by atoms with van der Waals surface area (Å²) in [4.78, 5) is 35.5. The zero-order valence-electron chi connectivity index (χ0n) is 12.6. The van der Waals surface area contributed by atoms with Crippen LogP contribution in [0.5, 0.6) is 0 Å². The van der Waals surface area contributed by atoms with Gasteiger partial charge in [0.15, 0.2) is 5.12 Å². The van der Waals surface area contributed by atoms with Gasteiger partial charge in [-0.05, 0) is 5.56 Å². The minimum atomic E-state index is -1.08. The van der Waals surface area contributed by atoms with E-state index in [0.717, 1.165) is 17.3 Å². The number of carboxylic acid groups (broad SMARTS) is 1. The fourth-order valence-corrected chi connectivity index (χ4v) is 2.39. The Hall–Kier alpha value is -2.02. The fraction of sp³-hybridized carbons (Fsp3) is 0.400. The van der Waals surface area contributed by atoms with E-state index < -0.39 is 18.0 Å². The van der Waals surface area contributed by atoms with E-state index in [1.165, 1.54) is 11.8 Å². The number of urea groups is 1. The van der Waals surface area contributed by atoms with Gasteiger partial charge in [0.05, 0.1) is 0 Å². The lowest BCUT2D eigenvalue weighted by Crippen LogP contribution is -2.48. The van der Waals surface area contributed by atoms with Gasteiger partial charge >= 0.3 is 12.0 Å². The highest BCUT2D eigenvalue weighted by atomic mass is 32.2. The van der Waals surface area contributed by atoms with E-state index in [1.807, 2.05) is 30.3 Å². The summed E-state index contributed by atoms with van der Waals surface area (Å²) in [6, 6.07) is 7.66. The van der Waals surface area contributed by atoms with Crippen molar-refractivity contribution in [1.29, 1.82) is 0 Å². The van der Waals surface area contributed by atoms with Crippen molar-refractivity contribution >= 4 is 28.9 Å². The summed E-state index contributed by atoms with van der Waals surface area (Å²) >= 11 is 1.13. The Morgan fingerprint density at radius 1 is 1.27 bits per heavy atom. The van der Waals surface area contributed by atoms with E-state index in [-0.39, 0.29) is 11.5 Å². The lowest BCUT2D eigenvalue weighted by atomic mass is 10.1. The number of amides is 2. The normalized spacial score (nSPS) is 11.5. The summed E-state index contributed by atoms with van der Waals surface area (Å²) in [5.41, 5.74) is 0.838. The molecule has 2 N–H and O–H groups in total. The Kier molecular flexibility index (Phi) is 7.45. The van der Waals surface area contributed by atoms with Crippen molar-refractivity contribution in [1.82, 2.24) is 10.2 Å². The second-order valence-electron chi connectivity index (χ2n) is 4.79. The van der Waals surface area contributed by atoms with Crippen LogP contribution >= 0.6 is 11.8 Å².